The molecule has 0 aliphatic heterocycles. The molecular formula is C10H6N2OS. The van der Waals surface area contributed by atoms with Crippen LogP contribution < -0.4 is 5.73 Å². The third-order valence-electron chi connectivity index (χ3n) is 1.96. The number of anilines is 1. The molecule has 14 heavy (non-hydrogen) atoms. The van der Waals surface area contributed by atoms with Crippen LogP contribution in [0.5, 0.6) is 0 Å². The van der Waals surface area contributed by atoms with Gasteiger partial charge in [-0.1, -0.05) is 6.07 Å². The van der Waals surface area contributed by atoms with Gasteiger partial charge in [-0.25, -0.2) is 0 Å². The first-order chi connectivity index (χ1) is 6.76. The summed E-state index contributed by atoms with van der Waals surface area (Å²) in [6.07, 6.45) is 0.708. The van der Waals surface area contributed by atoms with E-state index in [9.17, 15) is 4.79 Å². The fraction of sp³-hybridized carbons (Fsp3) is 0. The molecule has 3 nitrogen and oxygen atoms in total. The lowest BCUT2D eigenvalue weighted by Crippen LogP contribution is -1.82. The summed E-state index contributed by atoms with van der Waals surface area (Å²) < 4.78 is 0.878. The van der Waals surface area contributed by atoms with Gasteiger partial charge in [0.25, 0.3) is 0 Å². The van der Waals surface area contributed by atoms with E-state index >= 15 is 0 Å². The molecule has 0 aliphatic rings. The highest BCUT2D eigenvalue weighted by Gasteiger charge is 2.10. The van der Waals surface area contributed by atoms with Crippen molar-refractivity contribution in [2.75, 3.05) is 5.73 Å². The van der Waals surface area contributed by atoms with Crippen molar-refractivity contribution >= 4 is 33.4 Å². The molecule has 68 valence electrons. The van der Waals surface area contributed by atoms with Gasteiger partial charge < -0.3 is 5.73 Å². The lowest BCUT2D eigenvalue weighted by Gasteiger charge is -1.91. The highest BCUT2D eigenvalue weighted by molar-refractivity contribution is 7.20. The number of nitrogens with two attached hydrogens (primary N) is 1. The molecule has 1 aromatic heterocycles. The van der Waals surface area contributed by atoms with E-state index in [4.69, 9.17) is 11.0 Å². The molecule has 2 N–H and O–H groups in total. The average Bonchev–Trinajstić information content (AvgIpc) is 2.54. The molecule has 0 aliphatic carbocycles. The van der Waals surface area contributed by atoms with E-state index in [1.54, 1.807) is 18.2 Å². The minimum Gasteiger partial charge on any atom is -0.399 e. The zero-order valence-electron chi connectivity index (χ0n) is 7.15. The van der Waals surface area contributed by atoms with E-state index in [0.717, 1.165) is 10.1 Å². The molecule has 2 rings (SSSR count). The first-order valence-corrected chi connectivity index (χ1v) is 4.75. The molecule has 0 spiro atoms. The van der Waals surface area contributed by atoms with E-state index < -0.39 is 0 Å². The molecular weight excluding hydrogens is 196 g/mol. The topological polar surface area (TPSA) is 66.9 Å². The van der Waals surface area contributed by atoms with E-state index in [0.29, 0.717) is 22.4 Å². The Bertz CT molecular complexity index is 551. The zero-order valence-corrected chi connectivity index (χ0v) is 7.97. The number of nitriles is 1. The summed E-state index contributed by atoms with van der Waals surface area (Å²) >= 11 is 1.29. The summed E-state index contributed by atoms with van der Waals surface area (Å²) in [6.45, 7) is 0. The maximum atomic E-state index is 10.7. The fourth-order valence-electron chi connectivity index (χ4n) is 1.33. The average molecular weight is 202 g/mol. The first kappa shape index (κ1) is 8.73. The van der Waals surface area contributed by atoms with Crippen molar-refractivity contribution in [1.82, 2.24) is 0 Å². The van der Waals surface area contributed by atoms with Crippen molar-refractivity contribution in [3.8, 4) is 6.07 Å². The summed E-state index contributed by atoms with van der Waals surface area (Å²) in [7, 11) is 0. The molecule has 1 aromatic carbocycles. The molecule has 4 heteroatoms. The van der Waals surface area contributed by atoms with Crippen molar-refractivity contribution in [1.29, 1.82) is 5.26 Å². The van der Waals surface area contributed by atoms with Gasteiger partial charge in [-0.15, -0.1) is 11.3 Å². The van der Waals surface area contributed by atoms with Gasteiger partial charge in [-0.2, -0.15) is 5.26 Å². The second-order valence-electron chi connectivity index (χ2n) is 2.83. The van der Waals surface area contributed by atoms with Gasteiger partial charge in [0.1, 0.15) is 6.07 Å². The number of hydrogen-bond donors (Lipinski definition) is 1. The van der Waals surface area contributed by atoms with Crippen LogP contribution in [0.1, 0.15) is 15.2 Å². The second-order valence-corrected chi connectivity index (χ2v) is 3.91. The summed E-state index contributed by atoms with van der Waals surface area (Å²) in [5.74, 6) is 0. The zero-order chi connectivity index (χ0) is 10.1. The van der Waals surface area contributed by atoms with E-state index in [-0.39, 0.29) is 0 Å². The highest BCUT2D eigenvalue weighted by Crippen LogP contribution is 2.30. The van der Waals surface area contributed by atoms with Crippen molar-refractivity contribution in [3.63, 3.8) is 0 Å². The Balaban J connectivity index is 2.88. The minimum absolute atomic E-state index is 0.444. The Morgan fingerprint density at radius 2 is 2.29 bits per heavy atom. The van der Waals surface area contributed by atoms with Gasteiger partial charge in [-0.05, 0) is 12.1 Å². The molecule has 0 saturated carbocycles. The Labute approximate surface area is 84.4 Å². The molecule has 0 radical (unpaired) electrons. The predicted molar refractivity (Wildman–Crippen MR) is 56.3 cm³/mol. The van der Waals surface area contributed by atoms with E-state index in [1.165, 1.54) is 11.3 Å². The maximum absolute atomic E-state index is 10.7. The Kier molecular flexibility index (Phi) is 1.95. The van der Waals surface area contributed by atoms with E-state index in [1.807, 2.05) is 6.07 Å². The molecule has 0 amide bonds. The minimum atomic E-state index is 0.444. The fourth-order valence-corrected chi connectivity index (χ4v) is 2.35. The quantitative estimate of drug-likeness (QED) is 0.569. The van der Waals surface area contributed by atoms with Crippen LogP contribution in [-0.2, 0) is 0 Å². The number of aldehydes is 1. The molecule has 0 fully saturated rings. The van der Waals surface area contributed by atoms with E-state index in [2.05, 4.69) is 0 Å². The smallest absolute Gasteiger partial charge is 0.161 e. The number of fused-ring (bicyclic) bond motifs is 1. The van der Waals surface area contributed by atoms with Crippen LogP contribution >= 0.6 is 11.3 Å². The van der Waals surface area contributed by atoms with Crippen LogP contribution in [0.4, 0.5) is 5.69 Å². The summed E-state index contributed by atoms with van der Waals surface area (Å²) in [6, 6.07) is 7.30. The highest BCUT2D eigenvalue weighted by atomic mass is 32.1. The Hall–Kier alpha value is -1.86. The summed E-state index contributed by atoms with van der Waals surface area (Å²) in [4.78, 5) is 11.1. The molecule has 0 unspecified atom stereocenters. The van der Waals surface area contributed by atoms with Crippen molar-refractivity contribution in [3.05, 3.63) is 28.6 Å². The van der Waals surface area contributed by atoms with Crippen molar-refractivity contribution in [2.45, 2.75) is 0 Å². The lowest BCUT2D eigenvalue weighted by molar-refractivity contribution is 0.112. The monoisotopic (exact) mass is 202 g/mol. The molecule has 1 heterocycles. The maximum Gasteiger partial charge on any atom is 0.161 e. The van der Waals surface area contributed by atoms with Crippen LogP contribution in [0.25, 0.3) is 10.1 Å². The Morgan fingerprint density at radius 3 is 2.93 bits per heavy atom. The largest absolute Gasteiger partial charge is 0.399 e. The number of carbonyl (C=O) groups is 1. The second kappa shape index (κ2) is 3.13. The van der Waals surface area contributed by atoms with Crippen molar-refractivity contribution < 1.29 is 4.79 Å². The normalized spacial score (nSPS) is 9.93. The lowest BCUT2D eigenvalue weighted by atomic mass is 10.1. The van der Waals surface area contributed by atoms with Crippen LogP contribution in [0.3, 0.4) is 0 Å². The van der Waals surface area contributed by atoms with Crippen LogP contribution in [0, 0.1) is 11.3 Å². The third-order valence-corrected chi connectivity index (χ3v) is 3.04. The van der Waals surface area contributed by atoms with Gasteiger partial charge in [0.15, 0.2) is 6.29 Å². The number of benzene rings is 1. The molecule has 0 saturated heterocycles. The number of hydrogen-bond acceptors (Lipinski definition) is 4. The molecule has 0 bridgehead atoms. The van der Waals surface area contributed by atoms with Gasteiger partial charge in [-0.3, -0.25) is 4.79 Å². The molecule has 0 atom stereocenters. The summed E-state index contributed by atoms with van der Waals surface area (Å²) in [5.41, 5.74) is 6.69. The third kappa shape index (κ3) is 1.15. The van der Waals surface area contributed by atoms with Gasteiger partial charge in [0.2, 0.25) is 0 Å². The first-order valence-electron chi connectivity index (χ1n) is 3.93. The van der Waals surface area contributed by atoms with Crippen molar-refractivity contribution in [2.24, 2.45) is 0 Å². The van der Waals surface area contributed by atoms with Crippen LogP contribution in [0.15, 0.2) is 18.2 Å². The number of rotatable bonds is 1. The number of thiophene rings is 1. The van der Waals surface area contributed by atoms with Gasteiger partial charge in [0.05, 0.1) is 10.4 Å². The number of carbonyl (C=O) groups excluding carboxylic acids is 1. The molecule has 2 aromatic rings. The number of nitrogen functional groups attached to an aromatic ring is 1. The predicted octanol–water partition coefficient (Wildman–Crippen LogP) is 2.17. The number of nitrogens with zero attached hydrogens (tertiary/aromatic N) is 1. The van der Waals surface area contributed by atoms with Gasteiger partial charge >= 0.3 is 0 Å². The van der Waals surface area contributed by atoms with Gasteiger partial charge in [0, 0.05) is 15.8 Å². The SMILES string of the molecule is N#Cc1c(C=O)sc2cc(N)ccc12. The summed E-state index contributed by atoms with van der Waals surface area (Å²) in [5, 5.41) is 9.67. The standard InChI is InChI=1S/C10H6N2OS/c11-4-8-7-2-1-6(12)3-9(7)14-10(8)5-13/h1-3,5H,12H2. The van der Waals surface area contributed by atoms with Crippen LogP contribution in [-0.4, -0.2) is 6.29 Å². The van der Waals surface area contributed by atoms with Crippen LogP contribution in [0.2, 0.25) is 0 Å². The Morgan fingerprint density at radius 1 is 1.50 bits per heavy atom.